The Labute approximate surface area is 138 Å². The maximum Gasteiger partial charge on any atom is 0.573 e. The minimum absolute atomic E-state index is 0.213. The third kappa shape index (κ3) is 4.25. The number of carbonyl (C=O) groups excluding carboxylic acids is 1. The summed E-state index contributed by atoms with van der Waals surface area (Å²) in [4.78, 5) is 16.1. The molecule has 9 heteroatoms. The predicted molar refractivity (Wildman–Crippen MR) is 84.0 cm³/mol. The van der Waals surface area contributed by atoms with Crippen LogP contribution in [0.25, 0.3) is 10.2 Å². The molecule has 0 atom stereocenters. The molecule has 0 saturated heterocycles. The van der Waals surface area contributed by atoms with Crippen LogP contribution in [0.4, 0.5) is 18.3 Å². The smallest absolute Gasteiger partial charge is 0.406 e. The van der Waals surface area contributed by atoms with Crippen LogP contribution >= 0.6 is 11.3 Å². The molecule has 0 saturated carbocycles. The molecule has 0 radical (unpaired) electrons. The Morgan fingerprint density at radius 2 is 2.04 bits per heavy atom. The summed E-state index contributed by atoms with van der Waals surface area (Å²) in [5.74, 6) is -0.529. The minimum atomic E-state index is -4.74. The molecule has 24 heavy (non-hydrogen) atoms. The van der Waals surface area contributed by atoms with Crippen LogP contribution < -0.4 is 10.1 Å². The number of carbonyl (C=O) groups is 1. The summed E-state index contributed by atoms with van der Waals surface area (Å²) < 4.78 is 42.9. The number of ether oxygens (including phenoxy) is 1. The molecular weight excluding hydrogens is 343 g/mol. The van der Waals surface area contributed by atoms with Crippen LogP contribution in [0.15, 0.2) is 42.7 Å². The fourth-order valence-electron chi connectivity index (χ4n) is 2.09. The SMILES string of the molecule is O=C(CCn1cccc1)Nc1nc2ccc(OC(F)(F)F)cc2s1. The number of alkyl halides is 3. The zero-order valence-corrected chi connectivity index (χ0v) is 13.0. The van der Waals surface area contributed by atoms with E-state index in [1.54, 1.807) is 0 Å². The number of nitrogens with zero attached hydrogens (tertiary/aromatic N) is 2. The van der Waals surface area contributed by atoms with Crippen LogP contribution in [0.2, 0.25) is 0 Å². The lowest BCUT2D eigenvalue weighted by molar-refractivity contribution is -0.274. The molecule has 5 nitrogen and oxygen atoms in total. The first-order valence-electron chi connectivity index (χ1n) is 6.96. The van der Waals surface area contributed by atoms with E-state index in [0.29, 0.717) is 21.9 Å². The molecule has 0 fully saturated rings. The van der Waals surface area contributed by atoms with Crippen molar-refractivity contribution in [1.29, 1.82) is 0 Å². The van der Waals surface area contributed by atoms with Crippen molar-refractivity contribution in [2.45, 2.75) is 19.3 Å². The van der Waals surface area contributed by atoms with E-state index in [4.69, 9.17) is 0 Å². The molecule has 1 amide bonds. The van der Waals surface area contributed by atoms with Gasteiger partial charge in [-0.05, 0) is 24.3 Å². The third-order valence-electron chi connectivity index (χ3n) is 3.10. The van der Waals surface area contributed by atoms with E-state index < -0.39 is 6.36 Å². The van der Waals surface area contributed by atoms with Gasteiger partial charge in [-0.25, -0.2) is 4.98 Å². The van der Waals surface area contributed by atoms with Crippen molar-refractivity contribution < 1.29 is 22.7 Å². The van der Waals surface area contributed by atoms with E-state index in [1.807, 2.05) is 29.1 Å². The van der Waals surface area contributed by atoms with Crippen LogP contribution in [0.1, 0.15) is 6.42 Å². The van der Waals surface area contributed by atoms with Gasteiger partial charge in [0.25, 0.3) is 0 Å². The first-order valence-corrected chi connectivity index (χ1v) is 7.78. The maximum atomic E-state index is 12.2. The highest BCUT2D eigenvalue weighted by atomic mass is 32.1. The van der Waals surface area contributed by atoms with Gasteiger partial charge in [-0.2, -0.15) is 0 Å². The number of benzene rings is 1. The number of hydrogen-bond acceptors (Lipinski definition) is 4. The molecule has 0 bridgehead atoms. The number of amides is 1. The molecule has 0 aliphatic heterocycles. The number of aryl methyl sites for hydroxylation is 1. The molecule has 3 rings (SSSR count). The topological polar surface area (TPSA) is 56.2 Å². The van der Waals surface area contributed by atoms with E-state index in [9.17, 15) is 18.0 Å². The molecular formula is C15H12F3N3O2S. The van der Waals surface area contributed by atoms with Crippen molar-refractivity contribution in [2.24, 2.45) is 0 Å². The molecule has 0 aliphatic carbocycles. The summed E-state index contributed by atoms with van der Waals surface area (Å²) in [7, 11) is 0. The normalized spacial score (nSPS) is 11.6. The lowest BCUT2D eigenvalue weighted by Gasteiger charge is -2.07. The summed E-state index contributed by atoms with van der Waals surface area (Å²) in [6.07, 6.45) is -0.763. The summed E-state index contributed by atoms with van der Waals surface area (Å²) in [6.45, 7) is 0.535. The fraction of sp³-hybridized carbons (Fsp3) is 0.200. The molecule has 2 heterocycles. The van der Waals surface area contributed by atoms with E-state index in [2.05, 4.69) is 15.0 Å². The molecule has 2 aromatic heterocycles. The molecule has 1 aromatic carbocycles. The molecule has 1 N–H and O–H groups in total. The highest BCUT2D eigenvalue weighted by molar-refractivity contribution is 7.22. The monoisotopic (exact) mass is 355 g/mol. The highest BCUT2D eigenvalue weighted by Gasteiger charge is 2.31. The number of thiazole rings is 1. The Kier molecular flexibility index (Phi) is 4.43. The van der Waals surface area contributed by atoms with E-state index in [1.165, 1.54) is 18.2 Å². The molecule has 3 aromatic rings. The number of fused-ring (bicyclic) bond motifs is 1. The first kappa shape index (κ1) is 16.3. The lowest BCUT2D eigenvalue weighted by atomic mass is 10.3. The summed E-state index contributed by atoms with van der Waals surface area (Å²) in [5.41, 5.74) is 0.496. The van der Waals surface area contributed by atoms with Crippen LogP contribution in [0.3, 0.4) is 0 Å². The second-order valence-corrected chi connectivity index (χ2v) is 5.95. The van der Waals surface area contributed by atoms with Crippen molar-refractivity contribution in [3.8, 4) is 5.75 Å². The predicted octanol–water partition coefficient (Wildman–Crippen LogP) is 4.03. The average molecular weight is 355 g/mol. The lowest BCUT2D eigenvalue weighted by Crippen LogP contribution is -2.16. The van der Waals surface area contributed by atoms with Crippen molar-refractivity contribution in [1.82, 2.24) is 9.55 Å². The summed E-state index contributed by atoms with van der Waals surface area (Å²) in [5, 5.41) is 2.99. The maximum absolute atomic E-state index is 12.2. The Morgan fingerprint density at radius 3 is 2.75 bits per heavy atom. The Balaban J connectivity index is 1.65. The zero-order chi connectivity index (χ0) is 17.2. The average Bonchev–Trinajstić information content (AvgIpc) is 3.11. The van der Waals surface area contributed by atoms with E-state index in [0.717, 1.165) is 11.3 Å². The Bertz CT molecular complexity index is 843. The molecule has 0 spiro atoms. The number of anilines is 1. The van der Waals surface area contributed by atoms with E-state index in [-0.39, 0.29) is 18.1 Å². The Hall–Kier alpha value is -2.55. The number of nitrogens with one attached hydrogen (secondary N) is 1. The standard InChI is InChI=1S/C15H12F3N3O2S/c16-15(17,18)23-10-3-4-11-12(9-10)24-14(19-11)20-13(22)5-8-21-6-1-2-7-21/h1-4,6-7,9H,5,8H2,(H,19,20,22). The van der Waals surface area contributed by atoms with Gasteiger partial charge in [0.2, 0.25) is 5.91 Å². The van der Waals surface area contributed by atoms with Gasteiger partial charge >= 0.3 is 6.36 Å². The van der Waals surface area contributed by atoms with Crippen molar-refractivity contribution in [2.75, 3.05) is 5.32 Å². The fourth-order valence-corrected chi connectivity index (χ4v) is 3.00. The van der Waals surface area contributed by atoms with Crippen molar-refractivity contribution in [3.63, 3.8) is 0 Å². The number of halogens is 3. The molecule has 126 valence electrons. The second-order valence-electron chi connectivity index (χ2n) is 4.92. The van der Waals surface area contributed by atoms with Crippen LogP contribution in [-0.2, 0) is 11.3 Å². The van der Waals surface area contributed by atoms with Gasteiger partial charge in [0.15, 0.2) is 5.13 Å². The number of rotatable bonds is 5. The van der Waals surface area contributed by atoms with Crippen LogP contribution in [0, 0.1) is 0 Å². The molecule has 0 aliphatic rings. The van der Waals surface area contributed by atoms with Gasteiger partial charge in [0, 0.05) is 31.4 Å². The van der Waals surface area contributed by atoms with Crippen LogP contribution in [0.5, 0.6) is 5.75 Å². The number of aromatic nitrogens is 2. The third-order valence-corrected chi connectivity index (χ3v) is 4.04. The van der Waals surface area contributed by atoms with Crippen molar-refractivity contribution in [3.05, 3.63) is 42.7 Å². The largest absolute Gasteiger partial charge is 0.573 e. The van der Waals surface area contributed by atoms with E-state index >= 15 is 0 Å². The summed E-state index contributed by atoms with van der Waals surface area (Å²) >= 11 is 1.09. The van der Waals surface area contributed by atoms with Gasteiger partial charge in [-0.15, -0.1) is 13.2 Å². The zero-order valence-electron chi connectivity index (χ0n) is 12.2. The highest BCUT2D eigenvalue weighted by Crippen LogP contribution is 2.31. The van der Waals surface area contributed by atoms with Crippen molar-refractivity contribution >= 4 is 32.6 Å². The second kappa shape index (κ2) is 6.52. The molecule has 0 unspecified atom stereocenters. The van der Waals surface area contributed by atoms with Gasteiger partial charge in [0.05, 0.1) is 10.2 Å². The number of hydrogen-bond donors (Lipinski definition) is 1. The first-order chi connectivity index (χ1) is 11.4. The van der Waals surface area contributed by atoms with Crippen LogP contribution in [-0.4, -0.2) is 21.8 Å². The summed E-state index contributed by atoms with van der Waals surface area (Å²) in [6, 6.07) is 7.59. The minimum Gasteiger partial charge on any atom is -0.406 e. The van der Waals surface area contributed by atoms with Gasteiger partial charge < -0.3 is 14.6 Å². The van der Waals surface area contributed by atoms with Gasteiger partial charge in [0.1, 0.15) is 5.75 Å². The Morgan fingerprint density at radius 1 is 1.29 bits per heavy atom. The van der Waals surface area contributed by atoms with Gasteiger partial charge in [-0.1, -0.05) is 11.3 Å². The quantitative estimate of drug-likeness (QED) is 0.752. The van der Waals surface area contributed by atoms with Gasteiger partial charge in [-0.3, -0.25) is 4.79 Å².